The fourth-order valence-electron chi connectivity index (χ4n) is 2.43. The molecule has 106 valence electrons. The monoisotopic (exact) mass is 265 g/mol. The third kappa shape index (κ3) is 3.81. The largest absolute Gasteiger partial charge is 0.472 e. The molecule has 0 unspecified atom stereocenters. The van der Waals surface area contributed by atoms with E-state index in [9.17, 15) is 4.79 Å². The highest BCUT2D eigenvalue weighted by Crippen LogP contribution is 2.13. The van der Waals surface area contributed by atoms with Gasteiger partial charge in [-0.3, -0.25) is 9.69 Å². The highest BCUT2D eigenvalue weighted by atomic mass is 16.3. The van der Waals surface area contributed by atoms with Gasteiger partial charge < -0.3 is 14.2 Å². The summed E-state index contributed by atoms with van der Waals surface area (Å²) >= 11 is 0. The van der Waals surface area contributed by atoms with E-state index in [0.717, 1.165) is 25.1 Å². The Morgan fingerprint density at radius 1 is 1.47 bits per heavy atom. The highest BCUT2D eigenvalue weighted by Gasteiger charge is 2.26. The summed E-state index contributed by atoms with van der Waals surface area (Å²) in [6.45, 7) is 3.12. The Kier molecular flexibility index (Phi) is 4.61. The van der Waals surface area contributed by atoms with E-state index >= 15 is 0 Å². The van der Waals surface area contributed by atoms with Crippen molar-refractivity contribution in [2.24, 2.45) is 0 Å². The van der Waals surface area contributed by atoms with Crippen molar-refractivity contribution in [2.45, 2.75) is 19.0 Å². The zero-order valence-corrected chi connectivity index (χ0v) is 12.0. The standard InChI is InChI=1S/C14H23N3O2/c1-15(2)13-4-6-17(9-13)10-14(18)16(3)8-12-5-7-19-11-12/h5,7,11,13H,4,6,8-10H2,1-3H3/t13-/m0/s1. The van der Waals surface area contributed by atoms with Gasteiger partial charge in [-0.05, 0) is 26.6 Å². The Hall–Kier alpha value is -1.33. The molecule has 19 heavy (non-hydrogen) atoms. The van der Waals surface area contributed by atoms with Crippen molar-refractivity contribution in [3.8, 4) is 0 Å². The molecule has 0 aromatic carbocycles. The lowest BCUT2D eigenvalue weighted by molar-refractivity contribution is -0.131. The van der Waals surface area contributed by atoms with Gasteiger partial charge in [0, 0.05) is 38.3 Å². The van der Waals surface area contributed by atoms with Crippen LogP contribution in [0.4, 0.5) is 0 Å². The minimum Gasteiger partial charge on any atom is -0.472 e. The number of carbonyl (C=O) groups is 1. The van der Waals surface area contributed by atoms with E-state index in [1.54, 1.807) is 17.4 Å². The average molecular weight is 265 g/mol. The smallest absolute Gasteiger partial charge is 0.236 e. The number of likely N-dealkylation sites (N-methyl/N-ethyl adjacent to an activating group) is 2. The van der Waals surface area contributed by atoms with Crippen molar-refractivity contribution < 1.29 is 9.21 Å². The van der Waals surface area contributed by atoms with Gasteiger partial charge in [-0.25, -0.2) is 0 Å². The van der Waals surface area contributed by atoms with Crippen LogP contribution < -0.4 is 0 Å². The van der Waals surface area contributed by atoms with Gasteiger partial charge in [0.1, 0.15) is 0 Å². The molecule has 1 fully saturated rings. The van der Waals surface area contributed by atoms with Gasteiger partial charge in [-0.1, -0.05) is 0 Å². The maximum absolute atomic E-state index is 12.1. The van der Waals surface area contributed by atoms with Crippen LogP contribution in [0, 0.1) is 0 Å². The molecular weight excluding hydrogens is 242 g/mol. The number of rotatable bonds is 5. The molecule has 1 aliphatic heterocycles. The van der Waals surface area contributed by atoms with Gasteiger partial charge in [0.25, 0.3) is 0 Å². The summed E-state index contributed by atoms with van der Waals surface area (Å²) in [5.74, 6) is 0.167. The molecule has 2 rings (SSSR count). The fraction of sp³-hybridized carbons (Fsp3) is 0.643. The van der Waals surface area contributed by atoms with Crippen LogP contribution in [0.15, 0.2) is 23.0 Å². The molecule has 1 aromatic heterocycles. The zero-order chi connectivity index (χ0) is 13.8. The molecule has 1 aromatic rings. The molecule has 5 nitrogen and oxygen atoms in total. The Morgan fingerprint density at radius 3 is 2.84 bits per heavy atom. The Labute approximate surface area is 114 Å². The lowest BCUT2D eigenvalue weighted by atomic mass is 10.2. The molecule has 0 radical (unpaired) electrons. The summed E-state index contributed by atoms with van der Waals surface area (Å²) in [5, 5.41) is 0. The van der Waals surface area contributed by atoms with Crippen molar-refractivity contribution in [1.29, 1.82) is 0 Å². The van der Waals surface area contributed by atoms with Gasteiger partial charge in [-0.2, -0.15) is 0 Å². The Balaban J connectivity index is 1.78. The summed E-state index contributed by atoms with van der Waals surface area (Å²) < 4.78 is 5.02. The van der Waals surface area contributed by atoms with E-state index < -0.39 is 0 Å². The molecule has 1 atom stereocenters. The van der Waals surface area contributed by atoms with Crippen LogP contribution in [0.5, 0.6) is 0 Å². The Bertz CT molecular complexity index is 403. The number of hydrogen-bond acceptors (Lipinski definition) is 4. The first-order chi connectivity index (χ1) is 9.06. The lowest BCUT2D eigenvalue weighted by Gasteiger charge is -2.22. The fourth-order valence-corrected chi connectivity index (χ4v) is 2.43. The molecule has 0 spiro atoms. The highest BCUT2D eigenvalue weighted by molar-refractivity contribution is 5.78. The number of likely N-dealkylation sites (tertiary alicyclic amines) is 1. The normalized spacial score (nSPS) is 20.1. The van der Waals surface area contributed by atoms with E-state index in [-0.39, 0.29) is 5.91 Å². The van der Waals surface area contributed by atoms with E-state index in [2.05, 4.69) is 23.9 Å². The summed E-state index contributed by atoms with van der Waals surface area (Å²) in [6, 6.07) is 2.47. The topological polar surface area (TPSA) is 39.9 Å². The second-order valence-corrected chi connectivity index (χ2v) is 5.52. The number of hydrogen-bond donors (Lipinski definition) is 0. The molecule has 0 bridgehead atoms. The predicted octanol–water partition coefficient (Wildman–Crippen LogP) is 0.874. The molecule has 0 N–H and O–H groups in total. The molecular formula is C14H23N3O2. The molecule has 1 saturated heterocycles. The van der Waals surface area contributed by atoms with E-state index in [4.69, 9.17) is 4.42 Å². The van der Waals surface area contributed by atoms with E-state index in [0.29, 0.717) is 19.1 Å². The van der Waals surface area contributed by atoms with E-state index in [1.165, 1.54) is 0 Å². The maximum atomic E-state index is 12.1. The third-order valence-corrected chi connectivity index (χ3v) is 3.76. The summed E-state index contributed by atoms with van der Waals surface area (Å²) in [4.78, 5) is 18.4. The average Bonchev–Trinajstić information content (AvgIpc) is 2.99. The molecule has 5 heteroatoms. The van der Waals surface area contributed by atoms with Crippen molar-refractivity contribution in [1.82, 2.24) is 14.7 Å². The van der Waals surface area contributed by atoms with Gasteiger partial charge in [0.05, 0.1) is 19.1 Å². The minimum atomic E-state index is 0.167. The van der Waals surface area contributed by atoms with Crippen LogP contribution in [-0.2, 0) is 11.3 Å². The summed E-state index contributed by atoms with van der Waals surface area (Å²) in [6.07, 6.45) is 4.46. The van der Waals surface area contributed by atoms with Crippen molar-refractivity contribution >= 4 is 5.91 Å². The van der Waals surface area contributed by atoms with Crippen molar-refractivity contribution in [2.75, 3.05) is 40.8 Å². The first-order valence-corrected chi connectivity index (χ1v) is 6.70. The van der Waals surface area contributed by atoms with E-state index in [1.807, 2.05) is 13.1 Å². The second kappa shape index (κ2) is 6.21. The molecule has 1 amide bonds. The predicted molar refractivity (Wildman–Crippen MR) is 73.7 cm³/mol. The first kappa shape index (κ1) is 14.1. The number of amides is 1. The van der Waals surface area contributed by atoms with Gasteiger partial charge in [0.2, 0.25) is 5.91 Å². The zero-order valence-electron chi connectivity index (χ0n) is 12.0. The lowest BCUT2D eigenvalue weighted by Crippen LogP contribution is -2.38. The second-order valence-electron chi connectivity index (χ2n) is 5.52. The maximum Gasteiger partial charge on any atom is 0.236 e. The SMILES string of the molecule is CN(Cc1ccoc1)C(=O)CN1CC[C@H](N(C)C)C1. The van der Waals surface area contributed by atoms with Gasteiger partial charge in [0.15, 0.2) is 0 Å². The van der Waals surface area contributed by atoms with Crippen LogP contribution in [0.3, 0.4) is 0 Å². The number of carbonyl (C=O) groups excluding carboxylic acids is 1. The summed E-state index contributed by atoms with van der Waals surface area (Å²) in [7, 11) is 6.04. The number of furan rings is 1. The van der Waals surface area contributed by atoms with Crippen molar-refractivity contribution in [3.63, 3.8) is 0 Å². The Morgan fingerprint density at radius 2 is 2.26 bits per heavy atom. The minimum absolute atomic E-state index is 0.167. The first-order valence-electron chi connectivity index (χ1n) is 6.70. The third-order valence-electron chi connectivity index (χ3n) is 3.76. The number of nitrogens with zero attached hydrogens (tertiary/aromatic N) is 3. The van der Waals surface area contributed by atoms with Crippen LogP contribution in [0.1, 0.15) is 12.0 Å². The van der Waals surface area contributed by atoms with Crippen LogP contribution in [0.2, 0.25) is 0 Å². The van der Waals surface area contributed by atoms with Gasteiger partial charge in [-0.15, -0.1) is 0 Å². The molecule has 2 heterocycles. The summed E-state index contributed by atoms with van der Waals surface area (Å²) in [5.41, 5.74) is 1.03. The van der Waals surface area contributed by atoms with Gasteiger partial charge >= 0.3 is 0 Å². The molecule has 0 aliphatic carbocycles. The quantitative estimate of drug-likeness (QED) is 0.792. The molecule has 0 saturated carbocycles. The van der Waals surface area contributed by atoms with Crippen molar-refractivity contribution in [3.05, 3.63) is 24.2 Å². The van der Waals surface area contributed by atoms with Crippen LogP contribution in [-0.4, -0.2) is 67.4 Å². The van der Waals surface area contributed by atoms with Crippen LogP contribution >= 0.6 is 0 Å². The van der Waals surface area contributed by atoms with Crippen LogP contribution in [0.25, 0.3) is 0 Å². The molecule has 1 aliphatic rings.